The lowest BCUT2D eigenvalue weighted by Crippen LogP contribution is -2.50. The Bertz CT molecular complexity index is 227. The van der Waals surface area contributed by atoms with Crippen LogP contribution in [0.5, 0.6) is 0 Å². The molecule has 2 rings (SSSR count). The number of nitrogens with one attached hydrogen (secondary N) is 1. The van der Waals surface area contributed by atoms with Crippen molar-refractivity contribution in [2.24, 2.45) is 5.92 Å². The molecule has 0 radical (unpaired) electrons. The van der Waals surface area contributed by atoms with Gasteiger partial charge in [0.1, 0.15) is 0 Å². The molecular formula is C11H20N2O2. The van der Waals surface area contributed by atoms with Crippen LogP contribution in [-0.4, -0.2) is 50.2 Å². The van der Waals surface area contributed by atoms with Crippen molar-refractivity contribution in [1.82, 2.24) is 10.2 Å². The maximum Gasteiger partial charge on any atom is 0.310 e. The van der Waals surface area contributed by atoms with Gasteiger partial charge in [0.25, 0.3) is 0 Å². The third-order valence-electron chi connectivity index (χ3n) is 3.52. The Balaban J connectivity index is 1.88. The lowest BCUT2D eigenvalue weighted by molar-refractivity contribution is -0.146. The number of methoxy groups -OCH3 is 1. The van der Waals surface area contributed by atoms with Gasteiger partial charge in [0, 0.05) is 19.1 Å². The van der Waals surface area contributed by atoms with Gasteiger partial charge in [0.15, 0.2) is 0 Å². The summed E-state index contributed by atoms with van der Waals surface area (Å²) in [5.74, 6) is -0.0132. The molecular weight excluding hydrogens is 192 g/mol. The van der Waals surface area contributed by atoms with E-state index >= 15 is 0 Å². The lowest BCUT2D eigenvalue weighted by atomic mass is 9.95. The molecule has 4 nitrogen and oxygen atoms in total. The number of rotatable bonds is 2. The largest absolute Gasteiger partial charge is 0.469 e. The zero-order valence-electron chi connectivity index (χ0n) is 9.37. The molecule has 0 unspecified atom stereocenters. The summed E-state index contributed by atoms with van der Waals surface area (Å²) in [5, 5.41) is 3.33. The van der Waals surface area contributed by atoms with Gasteiger partial charge in [-0.1, -0.05) is 0 Å². The molecule has 2 aliphatic rings. The van der Waals surface area contributed by atoms with Gasteiger partial charge < -0.3 is 10.1 Å². The predicted molar refractivity (Wildman–Crippen MR) is 57.6 cm³/mol. The molecule has 0 aliphatic carbocycles. The smallest absolute Gasteiger partial charge is 0.310 e. The number of hydrogen-bond acceptors (Lipinski definition) is 4. The quantitative estimate of drug-likeness (QED) is 0.665. The van der Waals surface area contributed by atoms with Crippen molar-refractivity contribution in [2.45, 2.75) is 25.3 Å². The fourth-order valence-electron chi connectivity index (χ4n) is 2.65. The first kappa shape index (κ1) is 10.9. The number of piperidine rings is 1. The summed E-state index contributed by atoms with van der Waals surface area (Å²) < 4.78 is 4.80. The fourth-order valence-corrected chi connectivity index (χ4v) is 2.65. The Morgan fingerprint density at radius 2 is 2.07 bits per heavy atom. The van der Waals surface area contributed by atoms with E-state index in [1.54, 1.807) is 0 Å². The number of carbonyl (C=O) groups excluding carboxylic acids is 1. The zero-order valence-corrected chi connectivity index (χ0v) is 9.37. The second-order valence-corrected chi connectivity index (χ2v) is 4.51. The van der Waals surface area contributed by atoms with Crippen LogP contribution in [0.4, 0.5) is 0 Å². The summed E-state index contributed by atoms with van der Waals surface area (Å²) in [5.41, 5.74) is 0. The van der Waals surface area contributed by atoms with Gasteiger partial charge in [-0.2, -0.15) is 0 Å². The van der Waals surface area contributed by atoms with Crippen LogP contribution >= 0.6 is 0 Å². The number of carbonyl (C=O) groups is 1. The fraction of sp³-hybridized carbons (Fsp3) is 0.909. The zero-order chi connectivity index (χ0) is 10.7. The van der Waals surface area contributed by atoms with E-state index in [1.165, 1.54) is 33.0 Å². The van der Waals surface area contributed by atoms with Crippen LogP contribution in [-0.2, 0) is 9.53 Å². The maximum atomic E-state index is 11.4. The molecule has 0 aromatic rings. The minimum atomic E-state index is -0.0635. The summed E-state index contributed by atoms with van der Waals surface area (Å²) in [4.78, 5) is 13.9. The molecule has 2 atom stereocenters. The average Bonchev–Trinajstić information content (AvgIpc) is 2.82. The van der Waals surface area contributed by atoms with E-state index in [0.29, 0.717) is 6.04 Å². The van der Waals surface area contributed by atoms with Crippen molar-refractivity contribution in [2.75, 3.05) is 33.3 Å². The van der Waals surface area contributed by atoms with Crippen LogP contribution in [0.2, 0.25) is 0 Å². The predicted octanol–water partition coefficient (Wildman–Crippen LogP) is 0.233. The molecule has 2 fully saturated rings. The van der Waals surface area contributed by atoms with E-state index in [9.17, 15) is 4.79 Å². The van der Waals surface area contributed by atoms with Crippen LogP contribution in [0.1, 0.15) is 19.3 Å². The van der Waals surface area contributed by atoms with Crippen molar-refractivity contribution >= 4 is 5.97 Å². The van der Waals surface area contributed by atoms with Gasteiger partial charge >= 0.3 is 5.97 Å². The summed E-state index contributed by atoms with van der Waals surface area (Å²) in [6, 6.07) is 0.533. The standard InChI is InChI=1S/C11H20N2O2/c1-15-11(14)9-6-10(8-12-7-9)13-4-2-3-5-13/h9-10,12H,2-8H2,1H3/t9-,10-/m1/s1. The molecule has 15 heavy (non-hydrogen) atoms. The van der Waals surface area contributed by atoms with Crippen LogP contribution in [0.15, 0.2) is 0 Å². The minimum Gasteiger partial charge on any atom is -0.469 e. The molecule has 0 aromatic carbocycles. The Kier molecular flexibility index (Phi) is 3.59. The Labute approximate surface area is 91.0 Å². The third kappa shape index (κ3) is 2.49. The molecule has 86 valence electrons. The van der Waals surface area contributed by atoms with Crippen LogP contribution in [0, 0.1) is 5.92 Å². The first-order valence-corrected chi connectivity index (χ1v) is 5.84. The van der Waals surface area contributed by atoms with Gasteiger partial charge in [-0.05, 0) is 32.4 Å². The highest BCUT2D eigenvalue weighted by atomic mass is 16.5. The Morgan fingerprint density at radius 1 is 1.33 bits per heavy atom. The highest BCUT2D eigenvalue weighted by Crippen LogP contribution is 2.20. The third-order valence-corrected chi connectivity index (χ3v) is 3.52. The van der Waals surface area contributed by atoms with Gasteiger partial charge in [0.05, 0.1) is 13.0 Å². The molecule has 0 aromatic heterocycles. The molecule has 2 aliphatic heterocycles. The van der Waals surface area contributed by atoms with E-state index in [-0.39, 0.29) is 11.9 Å². The number of esters is 1. The highest BCUT2D eigenvalue weighted by molar-refractivity contribution is 5.72. The van der Waals surface area contributed by atoms with Gasteiger partial charge in [0.2, 0.25) is 0 Å². The van der Waals surface area contributed by atoms with Gasteiger partial charge in [-0.15, -0.1) is 0 Å². The number of hydrogen-bond donors (Lipinski definition) is 1. The first-order chi connectivity index (χ1) is 7.31. The van der Waals surface area contributed by atoms with Crippen molar-refractivity contribution in [1.29, 1.82) is 0 Å². The van der Waals surface area contributed by atoms with E-state index < -0.39 is 0 Å². The number of ether oxygens (including phenoxy) is 1. The van der Waals surface area contributed by atoms with Crippen molar-refractivity contribution in [3.63, 3.8) is 0 Å². The maximum absolute atomic E-state index is 11.4. The highest BCUT2D eigenvalue weighted by Gasteiger charge is 2.31. The molecule has 0 bridgehead atoms. The second-order valence-electron chi connectivity index (χ2n) is 4.51. The number of likely N-dealkylation sites (tertiary alicyclic amines) is 1. The average molecular weight is 212 g/mol. The van der Waals surface area contributed by atoms with Gasteiger partial charge in [-0.3, -0.25) is 9.69 Å². The lowest BCUT2D eigenvalue weighted by Gasteiger charge is -2.34. The van der Waals surface area contributed by atoms with Crippen molar-refractivity contribution < 1.29 is 9.53 Å². The molecule has 2 saturated heterocycles. The number of nitrogens with zero attached hydrogens (tertiary/aromatic N) is 1. The molecule has 0 spiro atoms. The summed E-state index contributed by atoms with van der Waals surface area (Å²) in [7, 11) is 1.47. The summed E-state index contributed by atoms with van der Waals surface area (Å²) in [6.07, 6.45) is 3.57. The summed E-state index contributed by atoms with van der Waals surface area (Å²) in [6.45, 7) is 4.19. The molecule has 1 N–H and O–H groups in total. The van der Waals surface area contributed by atoms with E-state index in [0.717, 1.165) is 19.5 Å². The summed E-state index contributed by atoms with van der Waals surface area (Å²) >= 11 is 0. The van der Waals surface area contributed by atoms with Crippen LogP contribution in [0.3, 0.4) is 0 Å². The topological polar surface area (TPSA) is 41.6 Å². The monoisotopic (exact) mass is 212 g/mol. The van der Waals surface area contributed by atoms with Crippen LogP contribution < -0.4 is 5.32 Å². The van der Waals surface area contributed by atoms with Gasteiger partial charge in [-0.25, -0.2) is 0 Å². The second kappa shape index (κ2) is 4.94. The SMILES string of the molecule is COC(=O)[C@H]1CNC[C@H](N2CCCC2)C1. The molecule has 4 heteroatoms. The van der Waals surface area contributed by atoms with E-state index in [2.05, 4.69) is 10.2 Å². The molecule has 2 heterocycles. The van der Waals surface area contributed by atoms with E-state index in [4.69, 9.17) is 4.74 Å². The van der Waals surface area contributed by atoms with Crippen LogP contribution in [0.25, 0.3) is 0 Å². The molecule has 0 amide bonds. The normalized spacial score (nSPS) is 32.9. The van der Waals surface area contributed by atoms with Crippen molar-refractivity contribution in [3.05, 3.63) is 0 Å². The van der Waals surface area contributed by atoms with Crippen molar-refractivity contribution in [3.8, 4) is 0 Å². The minimum absolute atomic E-state index is 0.0503. The molecule has 0 saturated carbocycles. The Morgan fingerprint density at radius 3 is 2.73 bits per heavy atom. The Hall–Kier alpha value is -0.610. The first-order valence-electron chi connectivity index (χ1n) is 5.84. The van der Waals surface area contributed by atoms with E-state index in [1.807, 2.05) is 0 Å².